The first kappa shape index (κ1) is 13.8. The highest BCUT2D eigenvalue weighted by molar-refractivity contribution is 9.10. The highest BCUT2D eigenvalue weighted by atomic mass is 79.9. The smallest absolute Gasteiger partial charge is 0.275 e. The SMILES string of the molecule is Cc1cc(Br)c(NC(=O)c2c[nH]c(=O)cn2)cc1Cl. The van der Waals surface area contributed by atoms with Crippen molar-refractivity contribution in [2.45, 2.75) is 6.92 Å². The number of aryl methyl sites for hydroxylation is 1. The molecule has 0 atom stereocenters. The van der Waals surface area contributed by atoms with Crippen LogP contribution in [0.25, 0.3) is 0 Å². The Labute approximate surface area is 122 Å². The van der Waals surface area contributed by atoms with Gasteiger partial charge in [0.1, 0.15) is 5.69 Å². The number of aromatic amines is 1. The number of benzene rings is 1. The standard InChI is InChI=1S/C12H9BrClN3O2/c1-6-2-7(13)9(3-8(6)14)17-12(19)10-4-16-11(18)5-15-10/h2-5H,1H3,(H,16,18)(H,17,19). The number of H-pyrrole nitrogens is 1. The molecule has 0 bridgehead atoms. The van der Waals surface area contributed by atoms with E-state index in [9.17, 15) is 9.59 Å². The molecule has 98 valence electrons. The van der Waals surface area contributed by atoms with E-state index in [0.717, 1.165) is 11.8 Å². The van der Waals surface area contributed by atoms with E-state index in [1.165, 1.54) is 6.20 Å². The van der Waals surface area contributed by atoms with Crippen molar-refractivity contribution in [2.24, 2.45) is 0 Å². The van der Waals surface area contributed by atoms with E-state index >= 15 is 0 Å². The maximum atomic E-state index is 11.9. The van der Waals surface area contributed by atoms with E-state index in [1.54, 1.807) is 12.1 Å². The van der Waals surface area contributed by atoms with Gasteiger partial charge in [0, 0.05) is 15.7 Å². The summed E-state index contributed by atoms with van der Waals surface area (Å²) in [5.41, 5.74) is 1.18. The minimum atomic E-state index is -0.433. The monoisotopic (exact) mass is 341 g/mol. The Morgan fingerprint density at radius 2 is 2.21 bits per heavy atom. The predicted molar refractivity (Wildman–Crippen MR) is 76.7 cm³/mol. The molecule has 2 N–H and O–H groups in total. The van der Waals surface area contributed by atoms with Gasteiger partial charge in [-0.3, -0.25) is 9.59 Å². The van der Waals surface area contributed by atoms with Crippen LogP contribution in [0.4, 0.5) is 5.69 Å². The zero-order chi connectivity index (χ0) is 14.0. The molecule has 0 spiro atoms. The summed E-state index contributed by atoms with van der Waals surface area (Å²) in [4.78, 5) is 28.9. The fraction of sp³-hybridized carbons (Fsp3) is 0.0833. The molecular weight excluding hydrogens is 334 g/mol. The van der Waals surface area contributed by atoms with Gasteiger partial charge >= 0.3 is 0 Å². The number of anilines is 1. The zero-order valence-electron chi connectivity index (χ0n) is 9.83. The number of hydrogen-bond acceptors (Lipinski definition) is 3. The Bertz CT molecular complexity index is 679. The van der Waals surface area contributed by atoms with E-state index in [0.29, 0.717) is 15.2 Å². The molecule has 0 fully saturated rings. The molecule has 0 radical (unpaired) electrons. The summed E-state index contributed by atoms with van der Waals surface area (Å²) >= 11 is 9.34. The van der Waals surface area contributed by atoms with E-state index in [-0.39, 0.29) is 11.3 Å². The summed E-state index contributed by atoms with van der Waals surface area (Å²) in [6.07, 6.45) is 2.30. The Hall–Kier alpha value is -1.66. The van der Waals surface area contributed by atoms with Crippen molar-refractivity contribution in [3.05, 3.63) is 55.6 Å². The van der Waals surface area contributed by atoms with Gasteiger partial charge in [-0.25, -0.2) is 4.98 Å². The number of nitrogens with zero attached hydrogens (tertiary/aromatic N) is 1. The van der Waals surface area contributed by atoms with E-state index < -0.39 is 5.91 Å². The van der Waals surface area contributed by atoms with Crippen molar-refractivity contribution in [2.75, 3.05) is 5.32 Å². The number of halogens is 2. The first-order valence-electron chi connectivity index (χ1n) is 5.29. The highest BCUT2D eigenvalue weighted by Crippen LogP contribution is 2.29. The van der Waals surface area contributed by atoms with Crippen LogP contribution in [0.5, 0.6) is 0 Å². The molecule has 0 aliphatic carbocycles. The van der Waals surface area contributed by atoms with Crippen LogP contribution in [0.3, 0.4) is 0 Å². The topological polar surface area (TPSA) is 74.8 Å². The molecule has 1 amide bonds. The molecule has 1 heterocycles. The quantitative estimate of drug-likeness (QED) is 0.881. The van der Waals surface area contributed by atoms with Crippen molar-refractivity contribution in [1.82, 2.24) is 9.97 Å². The second kappa shape index (κ2) is 5.54. The van der Waals surface area contributed by atoms with Crippen LogP contribution in [0, 0.1) is 6.92 Å². The fourth-order valence-electron chi connectivity index (χ4n) is 1.39. The molecule has 19 heavy (non-hydrogen) atoms. The van der Waals surface area contributed by atoms with Gasteiger partial charge in [-0.15, -0.1) is 0 Å². The van der Waals surface area contributed by atoms with Gasteiger partial charge in [0.05, 0.1) is 11.9 Å². The van der Waals surface area contributed by atoms with E-state index in [1.807, 2.05) is 6.92 Å². The van der Waals surface area contributed by atoms with Gasteiger partial charge in [-0.1, -0.05) is 11.6 Å². The average Bonchev–Trinajstić information content (AvgIpc) is 2.36. The third-order valence-electron chi connectivity index (χ3n) is 2.40. The summed E-state index contributed by atoms with van der Waals surface area (Å²) in [6.45, 7) is 1.86. The van der Waals surface area contributed by atoms with Gasteiger partial charge in [-0.2, -0.15) is 0 Å². The van der Waals surface area contributed by atoms with Crippen molar-refractivity contribution >= 4 is 39.1 Å². The highest BCUT2D eigenvalue weighted by Gasteiger charge is 2.11. The number of rotatable bonds is 2. The van der Waals surface area contributed by atoms with Crippen LogP contribution >= 0.6 is 27.5 Å². The van der Waals surface area contributed by atoms with Gasteiger partial charge < -0.3 is 10.3 Å². The van der Waals surface area contributed by atoms with Gasteiger partial charge in [0.25, 0.3) is 11.5 Å². The molecule has 2 aromatic rings. The number of nitrogens with one attached hydrogen (secondary N) is 2. The van der Waals surface area contributed by atoms with Crippen LogP contribution in [-0.2, 0) is 0 Å². The lowest BCUT2D eigenvalue weighted by Gasteiger charge is -2.09. The lowest BCUT2D eigenvalue weighted by molar-refractivity contribution is 0.102. The molecule has 0 saturated heterocycles. The second-order valence-electron chi connectivity index (χ2n) is 3.83. The summed E-state index contributed by atoms with van der Waals surface area (Å²) in [5, 5.41) is 3.21. The Balaban J connectivity index is 2.26. The maximum Gasteiger partial charge on any atom is 0.275 e. The summed E-state index contributed by atoms with van der Waals surface area (Å²) < 4.78 is 0.715. The molecule has 1 aromatic carbocycles. The maximum absolute atomic E-state index is 11.9. The van der Waals surface area contributed by atoms with E-state index in [2.05, 4.69) is 31.2 Å². The number of carbonyl (C=O) groups excluding carboxylic acids is 1. The van der Waals surface area contributed by atoms with Crippen molar-refractivity contribution in [3.63, 3.8) is 0 Å². The number of carbonyl (C=O) groups is 1. The molecule has 5 nitrogen and oxygen atoms in total. The van der Waals surface area contributed by atoms with Crippen molar-refractivity contribution < 1.29 is 4.79 Å². The zero-order valence-corrected chi connectivity index (χ0v) is 12.2. The first-order chi connectivity index (χ1) is 8.97. The van der Waals surface area contributed by atoms with Gasteiger partial charge in [-0.05, 0) is 40.5 Å². The second-order valence-corrected chi connectivity index (χ2v) is 5.09. The minimum Gasteiger partial charge on any atom is -0.325 e. The molecule has 0 saturated carbocycles. The average molecular weight is 343 g/mol. The molecule has 1 aromatic heterocycles. The fourth-order valence-corrected chi connectivity index (χ4v) is 2.12. The molecule has 7 heteroatoms. The number of hydrogen-bond donors (Lipinski definition) is 2. The van der Waals surface area contributed by atoms with Crippen LogP contribution in [-0.4, -0.2) is 15.9 Å². The van der Waals surface area contributed by atoms with Crippen LogP contribution < -0.4 is 10.9 Å². The summed E-state index contributed by atoms with van der Waals surface area (Å²) in [7, 11) is 0. The number of amides is 1. The Morgan fingerprint density at radius 3 is 2.84 bits per heavy atom. The van der Waals surface area contributed by atoms with Gasteiger partial charge in [0.2, 0.25) is 0 Å². The molecule has 0 aliphatic heterocycles. The lowest BCUT2D eigenvalue weighted by atomic mass is 10.2. The van der Waals surface area contributed by atoms with Gasteiger partial charge in [0.15, 0.2) is 0 Å². The minimum absolute atomic E-state index is 0.114. The molecule has 0 aliphatic rings. The van der Waals surface area contributed by atoms with Crippen molar-refractivity contribution in [1.29, 1.82) is 0 Å². The summed E-state index contributed by atoms with van der Waals surface area (Å²) in [6, 6.07) is 3.45. The summed E-state index contributed by atoms with van der Waals surface area (Å²) in [5.74, 6) is -0.433. The predicted octanol–water partition coefficient (Wildman–Crippen LogP) is 2.75. The third kappa shape index (κ3) is 3.21. The Morgan fingerprint density at radius 1 is 1.47 bits per heavy atom. The van der Waals surface area contributed by atoms with Crippen LogP contribution in [0.1, 0.15) is 16.1 Å². The lowest BCUT2D eigenvalue weighted by Crippen LogP contribution is -2.17. The number of aromatic nitrogens is 2. The first-order valence-corrected chi connectivity index (χ1v) is 6.46. The van der Waals surface area contributed by atoms with E-state index in [4.69, 9.17) is 11.6 Å². The van der Waals surface area contributed by atoms with Crippen LogP contribution in [0.15, 0.2) is 33.8 Å². The molecular formula is C12H9BrClN3O2. The molecule has 2 rings (SSSR count). The Kier molecular flexibility index (Phi) is 4.01. The van der Waals surface area contributed by atoms with Crippen LogP contribution in [0.2, 0.25) is 5.02 Å². The normalized spacial score (nSPS) is 10.3. The van der Waals surface area contributed by atoms with Crippen molar-refractivity contribution in [3.8, 4) is 0 Å². The third-order valence-corrected chi connectivity index (χ3v) is 3.46. The largest absolute Gasteiger partial charge is 0.325 e. The molecule has 0 unspecified atom stereocenters.